The van der Waals surface area contributed by atoms with E-state index in [0.29, 0.717) is 31.0 Å². The van der Waals surface area contributed by atoms with Crippen LogP contribution in [0.25, 0.3) is 0 Å². The van der Waals surface area contributed by atoms with E-state index >= 15 is 0 Å². The van der Waals surface area contributed by atoms with Gasteiger partial charge in [0.25, 0.3) is 5.89 Å². The third-order valence-electron chi connectivity index (χ3n) is 3.19. The maximum absolute atomic E-state index is 6.18. The Morgan fingerprint density at radius 1 is 1.47 bits per heavy atom. The lowest BCUT2D eigenvalue weighted by Gasteiger charge is -2.29. The van der Waals surface area contributed by atoms with Gasteiger partial charge >= 0.3 is 0 Å². The first-order valence-electron chi connectivity index (χ1n) is 6.82. The number of hydrogen-bond donors (Lipinski definition) is 1. The van der Waals surface area contributed by atoms with Gasteiger partial charge in [0.05, 0.1) is 18.8 Å². The van der Waals surface area contributed by atoms with Crippen molar-refractivity contribution in [2.45, 2.75) is 64.4 Å². The van der Waals surface area contributed by atoms with Crippen molar-refractivity contribution >= 4 is 0 Å². The van der Waals surface area contributed by atoms with Crippen LogP contribution in [0, 0.1) is 0 Å². The molecule has 19 heavy (non-hydrogen) atoms. The number of rotatable bonds is 7. The largest absolute Gasteiger partial charge is 0.376 e. The Hall–Kier alpha value is -0.980. The Balaban J connectivity index is 1.87. The van der Waals surface area contributed by atoms with Crippen LogP contribution >= 0.6 is 0 Å². The first-order chi connectivity index (χ1) is 8.97. The molecule has 0 amide bonds. The van der Waals surface area contributed by atoms with Gasteiger partial charge in [-0.2, -0.15) is 4.98 Å². The molecule has 1 fully saturated rings. The van der Waals surface area contributed by atoms with E-state index < -0.39 is 5.54 Å². The van der Waals surface area contributed by atoms with Gasteiger partial charge < -0.3 is 19.7 Å². The topological polar surface area (TPSA) is 83.4 Å². The van der Waals surface area contributed by atoms with Gasteiger partial charge in [0.1, 0.15) is 12.1 Å². The normalized spacial score (nSPS) is 19.4. The fraction of sp³-hybridized carbons (Fsp3) is 0.846. The summed E-state index contributed by atoms with van der Waals surface area (Å²) in [6.07, 6.45) is 3.95. The first-order valence-corrected chi connectivity index (χ1v) is 6.82. The highest BCUT2D eigenvalue weighted by Crippen LogP contribution is 2.24. The van der Waals surface area contributed by atoms with Gasteiger partial charge in [-0.25, -0.2) is 0 Å². The number of nitrogens with zero attached hydrogens (tertiary/aromatic N) is 2. The summed E-state index contributed by atoms with van der Waals surface area (Å²) >= 11 is 0. The highest BCUT2D eigenvalue weighted by Gasteiger charge is 2.30. The van der Waals surface area contributed by atoms with Crippen LogP contribution in [0.1, 0.15) is 51.7 Å². The highest BCUT2D eigenvalue weighted by molar-refractivity contribution is 5.01. The van der Waals surface area contributed by atoms with E-state index in [0.717, 1.165) is 12.8 Å². The Bertz CT molecular complexity index is 400. The average Bonchev–Trinajstić information content (AvgIpc) is 2.73. The maximum Gasteiger partial charge on any atom is 0.252 e. The smallest absolute Gasteiger partial charge is 0.252 e. The molecule has 2 rings (SSSR count). The zero-order valence-electron chi connectivity index (χ0n) is 11.9. The van der Waals surface area contributed by atoms with Crippen LogP contribution in [0.2, 0.25) is 0 Å². The summed E-state index contributed by atoms with van der Waals surface area (Å²) in [4.78, 5) is 4.27. The van der Waals surface area contributed by atoms with Crippen LogP contribution in [0.5, 0.6) is 0 Å². The van der Waals surface area contributed by atoms with Gasteiger partial charge in [-0.1, -0.05) is 5.16 Å². The summed E-state index contributed by atoms with van der Waals surface area (Å²) in [5.41, 5.74) is 5.46. The van der Waals surface area contributed by atoms with E-state index in [-0.39, 0.29) is 6.10 Å². The van der Waals surface area contributed by atoms with E-state index in [9.17, 15) is 0 Å². The first kappa shape index (κ1) is 14.4. The second kappa shape index (κ2) is 5.98. The standard InChI is InChI=1S/C13H23N3O3/c1-9(2)17-7-11-15-12(16-19-11)13(3,14)8-18-10-5-4-6-10/h9-10H,4-8,14H2,1-3H3. The lowest BCUT2D eigenvalue weighted by atomic mass is 9.95. The Morgan fingerprint density at radius 3 is 2.79 bits per heavy atom. The quantitative estimate of drug-likeness (QED) is 0.811. The Kier molecular flexibility index (Phi) is 4.54. The molecule has 1 aliphatic rings. The van der Waals surface area contributed by atoms with Crippen LogP contribution in [0.3, 0.4) is 0 Å². The molecule has 1 unspecified atom stereocenters. The minimum absolute atomic E-state index is 0.126. The van der Waals surface area contributed by atoms with E-state index in [2.05, 4.69) is 10.1 Å². The number of ether oxygens (including phenoxy) is 2. The van der Waals surface area contributed by atoms with E-state index in [4.69, 9.17) is 19.7 Å². The van der Waals surface area contributed by atoms with Crippen molar-refractivity contribution in [3.8, 4) is 0 Å². The van der Waals surface area contributed by atoms with Gasteiger partial charge in [-0.15, -0.1) is 0 Å². The van der Waals surface area contributed by atoms with E-state index in [1.165, 1.54) is 6.42 Å². The van der Waals surface area contributed by atoms with Crippen LogP contribution in [-0.2, 0) is 21.6 Å². The number of aromatic nitrogens is 2. The van der Waals surface area contributed by atoms with Gasteiger partial charge in [-0.3, -0.25) is 0 Å². The van der Waals surface area contributed by atoms with E-state index in [1.54, 1.807) is 0 Å². The molecule has 0 aromatic carbocycles. The van der Waals surface area contributed by atoms with Crippen molar-refractivity contribution in [1.82, 2.24) is 10.1 Å². The number of nitrogens with two attached hydrogens (primary N) is 1. The van der Waals surface area contributed by atoms with Gasteiger partial charge in [0, 0.05) is 0 Å². The van der Waals surface area contributed by atoms with Crippen LogP contribution < -0.4 is 5.73 Å². The van der Waals surface area contributed by atoms with E-state index in [1.807, 2.05) is 20.8 Å². The van der Waals surface area contributed by atoms with Crippen LogP contribution in [0.15, 0.2) is 4.52 Å². The second-order valence-electron chi connectivity index (χ2n) is 5.65. The third-order valence-corrected chi connectivity index (χ3v) is 3.19. The minimum atomic E-state index is -0.727. The summed E-state index contributed by atoms with van der Waals surface area (Å²) in [6.45, 7) is 6.48. The SMILES string of the molecule is CC(C)OCc1nc(C(C)(N)COC2CCC2)no1. The van der Waals surface area contributed by atoms with Gasteiger partial charge in [0.2, 0.25) is 0 Å². The lowest BCUT2D eigenvalue weighted by Crippen LogP contribution is -2.41. The summed E-state index contributed by atoms with van der Waals surface area (Å²) in [6, 6.07) is 0. The molecule has 1 heterocycles. The zero-order chi connectivity index (χ0) is 13.9. The summed E-state index contributed by atoms with van der Waals surface area (Å²) in [7, 11) is 0. The molecule has 2 N–H and O–H groups in total. The molecular weight excluding hydrogens is 246 g/mol. The summed E-state index contributed by atoms with van der Waals surface area (Å²) in [5, 5.41) is 3.92. The molecule has 1 aromatic heterocycles. The zero-order valence-corrected chi connectivity index (χ0v) is 11.9. The maximum atomic E-state index is 6.18. The van der Waals surface area contributed by atoms with Crippen molar-refractivity contribution in [1.29, 1.82) is 0 Å². The molecule has 0 spiro atoms. The van der Waals surface area contributed by atoms with Gasteiger partial charge in [0.15, 0.2) is 5.82 Å². The minimum Gasteiger partial charge on any atom is -0.376 e. The predicted octanol–water partition coefficient (Wildman–Crippen LogP) is 1.74. The molecule has 0 aliphatic heterocycles. The third kappa shape index (κ3) is 3.99. The molecule has 1 saturated carbocycles. The van der Waals surface area contributed by atoms with Crippen molar-refractivity contribution in [3.05, 3.63) is 11.7 Å². The Labute approximate surface area is 113 Å². The molecule has 6 nitrogen and oxygen atoms in total. The molecule has 0 bridgehead atoms. The monoisotopic (exact) mass is 269 g/mol. The van der Waals surface area contributed by atoms with Crippen molar-refractivity contribution in [3.63, 3.8) is 0 Å². The molecule has 0 saturated heterocycles. The van der Waals surface area contributed by atoms with Crippen molar-refractivity contribution < 1.29 is 14.0 Å². The fourth-order valence-corrected chi connectivity index (χ4v) is 1.68. The number of hydrogen-bond acceptors (Lipinski definition) is 6. The molecule has 0 radical (unpaired) electrons. The second-order valence-corrected chi connectivity index (χ2v) is 5.65. The summed E-state index contributed by atoms with van der Waals surface area (Å²) in [5.74, 6) is 0.915. The lowest BCUT2D eigenvalue weighted by molar-refractivity contribution is -0.0222. The average molecular weight is 269 g/mol. The highest BCUT2D eigenvalue weighted by atomic mass is 16.5. The Morgan fingerprint density at radius 2 is 2.21 bits per heavy atom. The molecule has 1 aromatic rings. The van der Waals surface area contributed by atoms with Crippen molar-refractivity contribution in [2.24, 2.45) is 5.73 Å². The van der Waals surface area contributed by atoms with Gasteiger partial charge in [-0.05, 0) is 40.0 Å². The molecular formula is C13H23N3O3. The predicted molar refractivity (Wildman–Crippen MR) is 69.4 cm³/mol. The molecule has 1 atom stereocenters. The molecule has 1 aliphatic carbocycles. The summed E-state index contributed by atoms with van der Waals surface area (Å²) < 4.78 is 16.3. The molecule has 108 valence electrons. The van der Waals surface area contributed by atoms with Crippen molar-refractivity contribution in [2.75, 3.05) is 6.61 Å². The fourth-order valence-electron chi connectivity index (χ4n) is 1.68. The van der Waals surface area contributed by atoms with Crippen LogP contribution in [-0.4, -0.2) is 29.0 Å². The molecule has 6 heteroatoms. The van der Waals surface area contributed by atoms with Crippen LogP contribution in [0.4, 0.5) is 0 Å².